The number of aliphatic hydroxyl groups is 1. The van der Waals surface area contributed by atoms with E-state index < -0.39 is 0 Å². The zero-order valence-electron chi connectivity index (χ0n) is 15.4. The van der Waals surface area contributed by atoms with Crippen molar-refractivity contribution in [2.45, 2.75) is 31.8 Å². The third-order valence-electron chi connectivity index (χ3n) is 4.55. The number of hydrogen-bond donors (Lipinski definition) is 2. The van der Waals surface area contributed by atoms with Gasteiger partial charge in [0.2, 0.25) is 5.91 Å². The third-order valence-corrected chi connectivity index (χ3v) is 4.55. The second kappa shape index (κ2) is 11.4. The van der Waals surface area contributed by atoms with Crippen LogP contribution in [-0.4, -0.2) is 37.4 Å². The molecule has 4 heteroatoms. The van der Waals surface area contributed by atoms with E-state index in [1.807, 2.05) is 36.4 Å². The number of carbonyl (C=O) groups is 1. The average molecular weight is 355 g/mol. The number of methoxy groups -OCH3 is 1. The number of ether oxygens (including phenoxy) is 1. The summed E-state index contributed by atoms with van der Waals surface area (Å²) in [4.78, 5) is 12.4. The summed E-state index contributed by atoms with van der Waals surface area (Å²) >= 11 is 0. The van der Waals surface area contributed by atoms with Crippen LogP contribution in [0.3, 0.4) is 0 Å². The van der Waals surface area contributed by atoms with Crippen molar-refractivity contribution in [2.75, 3.05) is 20.3 Å². The quantitative estimate of drug-likeness (QED) is 0.651. The van der Waals surface area contributed by atoms with E-state index in [2.05, 4.69) is 29.6 Å². The molecular weight excluding hydrogens is 326 g/mol. The summed E-state index contributed by atoms with van der Waals surface area (Å²) in [6.45, 7) is 0.603. The fourth-order valence-electron chi connectivity index (χ4n) is 3.13. The molecular formula is C22H29NO3. The van der Waals surface area contributed by atoms with Gasteiger partial charge in [0.1, 0.15) is 0 Å². The molecule has 140 valence electrons. The molecule has 0 spiro atoms. The fraction of sp³-hybridized carbons (Fsp3) is 0.409. The Kier molecular flexibility index (Phi) is 8.87. The van der Waals surface area contributed by atoms with Gasteiger partial charge in [-0.2, -0.15) is 0 Å². The van der Waals surface area contributed by atoms with Crippen LogP contribution in [0.1, 0.15) is 24.0 Å². The number of rotatable bonds is 11. The summed E-state index contributed by atoms with van der Waals surface area (Å²) in [6.07, 6.45) is 2.48. The number of nitrogens with one attached hydrogen (secondary N) is 1. The van der Waals surface area contributed by atoms with Gasteiger partial charge >= 0.3 is 0 Å². The van der Waals surface area contributed by atoms with Crippen LogP contribution >= 0.6 is 0 Å². The van der Waals surface area contributed by atoms with Crippen LogP contribution in [0.25, 0.3) is 0 Å². The molecule has 0 saturated carbocycles. The zero-order valence-corrected chi connectivity index (χ0v) is 15.4. The van der Waals surface area contributed by atoms with Gasteiger partial charge in [0.05, 0.1) is 12.7 Å². The van der Waals surface area contributed by atoms with Gasteiger partial charge in [0.25, 0.3) is 0 Å². The molecule has 2 aromatic rings. The lowest BCUT2D eigenvalue weighted by molar-refractivity contribution is -0.122. The average Bonchev–Trinajstić information content (AvgIpc) is 2.67. The normalized spacial score (nSPS) is 13.2. The first-order chi connectivity index (χ1) is 12.7. The van der Waals surface area contributed by atoms with E-state index in [1.165, 1.54) is 11.1 Å². The molecule has 2 aromatic carbocycles. The number of carbonyl (C=O) groups excluding carboxylic acids is 1. The van der Waals surface area contributed by atoms with Crippen LogP contribution in [0.4, 0.5) is 0 Å². The largest absolute Gasteiger partial charge is 0.394 e. The van der Waals surface area contributed by atoms with Gasteiger partial charge in [-0.15, -0.1) is 0 Å². The highest BCUT2D eigenvalue weighted by Crippen LogP contribution is 2.19. The SMILES string of the molecule is COC(CO)CC(CC(=O)NCCc1ccccc1)Cc1ccccc1. The Balaban J connectivity index is 1.86. The van der Waals surface area contributed by atoms with Crippen molar-refractivity contribution >= 4 is 5.91 Å². The van der Waals surface area contributed by atoms with Gasteiger partial charge in [-0.1, -0.05) is 60.7 Å². The molecule has 0 aliphatic rings. The van der Waals surface area contributed by atoms with Crippen molar-refractivity contribution in [1.29, 1.82) is 0 Å². The van der Waals surface area contributed by atoms with Gasteiger partial charge in [-0.05, 0) is 36.3 Å². The predicted octanol–water partition coefficient (Wildman–Crippen LogP) is 2.99. The second-order valence-corrected chi connectivity index (χ2v) is 6.62. The minimum Gasteiger partial charge on any atom is -0.394 e. The van der Waals surface area contributed by atoms with E-state index in [-0.39, 0.29) is 24.5 Å². The lowest BCUT2D eigenvalue weighted by Crippen LogP contribution is -2.30. The topological polar surface area (TPSA) is 58.6 Å². The Morgan fingerprint density at radius 3 is 2.23 bits per heavy atom. The first-order valence-electron chi connectivity index (χ1n) is 9.19. The summed E-state index contributed by atoms with van der Waals surface area (Å²) in [5.74, 6) is 0.181. The second-order valence-electron chi connectivity index (χ2n) is 6.62. The highest BCUT2D eigenvalue weighted by atomic mass is 16.5. The molecule has 26 heavy (non-hydrogen) atoms. The van der Waals surface area contributed by atoms with Crippen molar-refractivity contribution in [3.63, 3.8) is 0 Å². The maximum atomic E-state index is 12.4. The van der Waals surface area contributed by atoms with Crippen LogP contribution in [0.5, 0.6) is 0 Å². The molecule has 2 unspecified atom stereocenters. The Morgan fingerprint density at radius 1 is 1.04 bits per heavy atom. The Hall–Kier alpha value is -2.17. The summed E-state index contributed by atoms with van der Waals surface area (Å²) in [5.41, 5.74) is 2.41. The molecule has 0 aromatic heterocycles. The lowest BCUT2D eigenvalue weighted by atomic mass is 9.90. The minimum atomic E-state index is -0.235. The number of benzene rings is 2. The smallest absolute Gasteiger partial charge is 0.220 e. The Morgan fingerprint density at radius 2 is 1.65 bits per heavy atom. The fourth-order valence-corrected chi connectivity index (χ4v) is 3.13. The first-order valence-corrected chi connectivity index (χ1v) is 9.19. The molecule has 0 radical (unpaired) electrons. The lowest BCUT2D eigenvalue weighted by Gasteiger charge is -2.21. The van der Waals surface area contributed by atoms with Crippen LogP contribution in [0.2, 0.25) is 0 Å². The summed E-state index contributed by atoms with van der Waals surface area (Å²) in [5, 5.41) is 12.4. The maximum absolute atomic E-state index is 12.4. The van der Waals surface area contributed by atoms with Gasteiger partial charge in [-0.3, -0.25) is 4.79 Å². The van der Waals surface area contributed by atoms with E-state index in [9.17, 15) is 9.90 Å². The molecule has 2 atom stereocenters. The zero-order chi connectivity index (χ0) is 18.6. The summed E-state index contributed by atoms with van der Waals surface area (Å²) < 4.78 is 5.31. The predicted molar refractivity (Wildman–Crippen MR) is 104 cm³/mol. The number of amides is 1. The van der Waals surface area contributed by atoms with Crippen molar-refractivity contribution in [2.24, 2.45) is 5.92 Å². The molecule has 0 heterocycles. The van der Waals surface area contributed by atoms with Gasteiger partial charge in [0.15, 0.2) is 0 Å². The van der Waals surface area contributed by atoms with Crippen LogP contribution in [0.15, 0.2) is 60.7 Å². The van der Waals surface area contributed by atoms with Gasteiger partial charge in [-0.25, -0.2) is 0 Å². The highest BCUT2D eigenvalue weighted by Gasteiger charge is 2.19. The Labute approximate surface area is 156 Å². The standard InChI is InChI=1S/C22H29NO3/c1-26-21(17-24)15-20(14-19-10-6-3-7-11-19)16-22(25)23-13-12-18-8-4-2-5-9-18/h2-11,20-21,24H,12-17H2,1H3,(H,23,25). The van der Waals surface area contributed by atoms with E-state index in [4.69, 9.17) is 4.74 Å². The molecule has 2 rings (SSSR count). The van der Waals surface area contributed by atoms with E-state index in [0.29, 0.717) is 19.4 Å². The van der Waals surface area contributed by atoms with Crippen LogP contribution < -0.4 is 5.32 Å². The van der Waals surface area contributed by atoms with Gasteiger partial charge in [0, 0.05) is 20.1 Å². The van der Waals surface area contributed by atoms with Crippen LogP contribution in [0, 0.1) is 5.92 Å². The van der Waals surface area contributed by atoms with E-state index in [0.717, 1.165) is 12.8 Å². The Bertz CT molecular complexity index is 626. The molecule has 0 aliphatic heterocycles. The molecule has 1 amide bonds. The summed E-state index contributed by atoms with van der Waals surface area (Å²) in [7, 11) is 1.60. The highest BCUT2D eigenvalue weighted by molar-refractivity contribution is 5.76. The number of aliphatic hydroxyl groups excluding tert-OH is 1. The maximum Gasteiger partial charge on any atom is 0.220 e. The first kappa shape index (κ1) is 20.1. The number of hydrogen-bond acceptors (Lipinski definition) is 3. The third kappa shape index (κ3) is 7.38. The molecule has 0 fully saturated rings. The van der Waals surface area contributed by atoms with E-state index >= 15 is 0 Å². The van der Waals surface area contributed by atoms with Gasteiger partial charge < -0.3 is 15.2 Å². The molecule has 4 nitrogen and oxygen atoms in total. The molecule has 0 aliphatic carbocycles. The van der Waals surface area contributed by atoms with Crippen molar-refractivity contribution in [1.82, 2.24) is 5.32 Å². The van der Waals surface area contributed by atoms with Crippen molar-refractivity contribution < 1.29 is 14.6 Å². The molecule has 0 bridgehead atoms. The van der Waals surface area contributed by atoms with E-state index in [1.54, 1.807) is 7.11 Å². The van der Waals surface area contributed by atoms with Crippen molar-refractivity contribution in [3.8, 4) is 0 Å². The summed E-state index contributed by atoms with van der Waals surface area (Å²) in [6, 6.07) is 20.3. The monoisotopic (exact) mass is 355 g/mol. The molecule has 2 N–H and O–H groups in total. The molecule has 0 saturated heterocycles. The van der Waals surface area contributed by atoms with Crippen LogP contribution in [-0.2, 0) is 22.4 Å². The minimum absolute atomic E-state index is 0.0303. The van der Waals surface area contributed by atoms with Crippen molar-refractivity contribution in [3.05, 3.63) is 71.8 Å².